The van der Waals surface area contributed by atoms with E-state index in [1.54, 1.807) is 4.80 Å². The normalized spacial score (nSPS) is 23.7. The minimum Gasteiger partial charge on any atom is -0.244 e. The molecule has 2 aromatic rings. The largest absolute Gasteiger partial charge is 0.244 e. The molecule has 0 radical (unpaired) electrons. The van der Waals surface area contributed by atoms with Crippen molar-refractivity contribution in [3.63, 3.8) is 0 Å². The smallest absolute Gasteiger partial charge is 0.182 e. The van der Waals surface area contributed by atoms with Crippen LogP contribution in [-0.4, -0.2) is 14.6 Å². The van der Waals surface area contributed by atoms with Crippen LogP contribution in [0.4, 0.5) is 4.39 Å². The van der Waals surface area contributed by atoms with E-state index < -0.39 is 6.17 Å². The standard InChI is InChI=1S/C11H11ClFN3/c1-15-14-11-9(13)6-10(16(11)15)7-4-2-3-5-8(7)12/h2-5,9-10H,6H2,1H3. The van der Waals surface area contributed by atoms with Crippen molar-refractivity contribution >= 4 is 11.6 Å². The van der Waals surface area contributed by atoms with E-state index in [0.29, 0.717) is 17.3 Å². The van der Waals surface area contributed by atoms with E-state index in [0.717, 1.165) is 5.56 Å². The Labute approximate surface area is 97.4 Å². The third kappa shape index (κ3) is 1.23. The van der Waals surface area contributed by atoms with Gasteiger partial charge in [-0.2, -0.15) is 0 Å². The van der Waals surface area contributed by atoms with Crippen molar-refractivity contribution in [1.82, 2.24) is 14.6 Å². The first-order valence-corrected chi connectivity index (χ1v) is 5.56. The average molecular weight is 240 g/mol. The maximum absolute atomic E-state index is 13.6. The summed E-state index contributed by atoms with van der Waals surface area (Å²) < 4.78 is 15.5. The Morgan fingerprint density at radius 3 is 2.88 bits per heavy atom. The fourth-order valence-corrected chi connectivity index (χ4v) is 2.59. The third-order valence-electron chi connectivity index (χ3n) is 3.06. The first kappa shape index (κ1) is 9.90. The molecule has 84 valence electrons. The highest BCUT2D eigenvalue weighted by atomic mass is 35.5. The molecule has 0 amide bonds. The Morgan fingerprint density at radius 1 is 1.44 bits per heavy atom. The molecule has 0 saturated carbocycles. The number of rotatable bonds is 1. The fourth-order valence-electron chi connectivity index (χ4n) is 2.33. The van der Waals surface area contributed by atoms with E-state index in [-0.39, 0.29) is 6.04 Å². The molecule has 1 aromatic heterocycles. The molecule has 2 heterocycles. The lowest BCUT2D eigenvalue weighted by molar-refractivity contribution is 0.312. The first-order chi connectivity index (χ1) is 7.68. The van der Waals surface area contributed by atoms with Crippen LogP contribution >= 0.6 is 11.6 Å². The number of alkyl halides is 1. The Balaban J connectivity index is 2.06. The Morgan fingerprint density at radius 2 is 2.19 bits per heavy atom. The lowest BCUT2D eigenvalue weighted by Gasteiger charge is -2.22. The van der Waals surface area contributed by atoms with Gasteiger partial charge in [-0.3, -0.25) is 0 Å². The second-order valence-electron chi connectivity index (χ2n) is 4.03. The number of aromatic nitrogens is 3. The summed E-state index contributed by atoms with van der Waals surface area (Å²) in [6.45, 7) is 0. The quantitative estimate of drug-likeness (QED) is 0.750. The summed E-state index contributed by atoms with van der Waals surface area (Å²) in [5.41, 5.74) is 0.962. The summed E-state index contributed by atoms with van der Waals surface area (Å²) in [4.78, 5) is 1.67. The van der Waals surface area contributed by atoms with Crippen molar-refractivity contribution < 1.29 is 4.39 Å². The molecule has 5 heteroatoms. The van der Waals surface area contributed by atoms with Gasteiger partial charge in [0, 0.05) is 18.5 Å². The molecule has 1 aliphatic rings. The second kappa shape index (κ2) is 3.35. The summed E-state index contributed by atoms with van der Waals surface area (Å²) >= 11 is 6.13. The highest BCUT2D eigenvalue weighted by Crippen LogP contribution is 2.42. The highest BCUT2D eigenvalue weighted by molar-refractivity contribution is 6.31. The van der Waals surface area contributed by atoms with Gasteiger partial charge in [0.2, 0.25) is 0 Å². The van der Waals surface area contributed by atoms with E-state index in [2.05, 4.69) is 5.10 Å². The second-order valence-corrected chi connectivity index (χ2v) is 4.44. The topological polar surface area (TPSA) is 22.8 Å². The van der Waals surface area contributed by atoms with E-state index in [1.807, 2.05) is 36.0 Å². The highest BCUT2D eigenvalue weighted by Gasteiger charge is 2.37. The molecule has 1 aliphatic heterocycles. The molecule has 0 N–H and O–H groups in total. The van der Waals surface area contributed by atoms with Crippen LogP contribution in [0.3, 0.4) is 0 Å². The Bertz CT molecular complexity index is 531. The number of hydrogen-bond acceptors (Lipinski definition) is 1. The molecule has 3 nitrogen and oxygen atoms in total. The molecule has 1 aromatic carbocycles. The van der Waals surface area contributed by atoms with Crippen LogP contribution in [0.15, 0.2) is 24.3 Å². The molecule has 2 atom stereocenters. The van der Waals surface area contributed by atoms with Gasteiger partial charge in [-0.25, -0.2) is 13.9 Å². The summed E-state index contributed by atoms with van der Waals surface area (Å²) in [6.07, 6.45) is -0.551. The van der Waals surface area contributed by atoms with Gasteiger partial charge < -0.3 is 0 Å². The lowest BCUT2D eigenvalue weighted by Crippen LogP contribution is -2.27. The van der Waals surface area contributed by atoms with Crippen molar-refractivity contribution in [3.8, 4) is 0 Å². The van der Waals surface area contributed by atoms with Crippen LogP contribution in [0.1, 0.15) is 30.0 Å². The zero-order valence-corrected chi connectivity index (χ0v) is 9.52. The molecule has 3 rings (SSSR count). The SMILES string of the molecule is Cn1nc2n1C(c1ccccc1Cl)CC2F. The van der Waals surface area contributed by atoms with E-state index >= 15 is 0 Å². The predicted molar refractivity (Wildman–Crippen MR) is 59.3 cm³/mol. The fraction of sp³-hybridized carbons (Fsp3) is 0.364. The van der Waals surface area contributed by atoms with Crippen molar-refractivity contribution in [2.45, 2.75) is 18.6 Å². The Hall–Kier alpha value is -1.29. The number of halogens is 2. The molecule has 2 unspecified atom stereocenters. The first-order valence-electron chi connectivity index (χ1n) is 5.18. The predicted octanol–water partition coefficient (Wildman–Crippen LogP) is 2.88. The van der Waals surface area contributed by atoms with Gasteiger partial charge in [0.15, 0.2) is 12.0 Å². The summed E-state index contributed by atoms with van der Waals surface area (Å²) in [5, 5.41) is 4.71. The maximum atomic E-state index is 13.6. The van der Waals surface area contributed by atoms with Crippen LogP contribution in [-0.2, 0) is 7.05 Å². The van der Waals surface area contributed by atoms with Crippen LogP contribution in [0.25, 0.3) is 0 Å². The van der Waals surface area contributed by atoms with Crippen molar-refractivity contribution in [1.29, 1.82) is 0 Å². The van der Waals surface area contributed by atoms with Gasteiger partial charge in [-0.15, -0.1) is 5.10 Å². The zero-order valence-electron chi connectivity index (χ0n) is 8.77. The van der Waals surface area contributed by atoms with Gasteiger partial charge in [-0.05, 0) is 11.6 Å². The average Bonchev–Trinajstić information content (AvgIpc) is 2.50. The molecule has 16 heavy (non-hydrogen) atoms. The molecular formula is C11H11ClFN3. The lowest BCUT2D eigenvalue weighted by atomic mass is 10.0. The van der Waals surface area contributed by atoms with E-state index in [9.17, 15) is 4.39 Å². The monoisotopic (exact) mass is 239 g/mol. The van der Waals surface area contributed by atoms with Crippen LogP contribution in [0.2, 0.25) is 5.02 Å². The molecular weight excluding hydrogens is 229 g/mol. The van der Waals surface area contributed by atoms with E-state index in [4.69, 9.17) is 11.6 Å². The van der Waals surface area contributed by atoms with Crippen molar-refractivity contribution in [2.75, 3.05) is 0 Å². The molecule has 0 aliphatic carbocycles. The summed E-state index contributed by atoms with van der Waals surface area (Å²) in [7, 11) is 1.81. The molecule has 0 bridgehead atoms. The summed E-state index contributed by atoms with van der Waals surface area (Å²) in [6, 6.07) is 7.54. The number of fused-ring (bicyclic) bond motifs is 1. The summed E-state index contributed by atoms with van der Waals surface area (Å²) in [5.74, 6) is 0.521. The van der Waals surface area contributed by atoms with Gasteiger partial charge in [0.1, 0.15) is 0 Å². The number of nitrogens with zero attached hydrogens (tertiary/aromatic N) is 3. The van der Waals surface area contributed by atoms with Gasteiger partial charge in [0.05, 0.1) is 6.04 Å². The Kier molecular flexibility index (Phi) is 2.07. The van der Waals surface area contributed by atoms with Crippen molar-refractivity contribution in [3.05, 3.63) is 40.7 Å². The maximum Gasteiger partial charge on any atom is 0.182 e. The van der Waals surface area contributed by atoms with Crippen molar-refractivity contribution in [2.24, 2.45) is 7.05 Å². The van der Waals surface area contributed by atoms with Crippen LogP contribution in [0.5, 0.6) is 0 Å². The zero-order chi connectivity index (χ0) is 11.3. The van der Waals surface area contributed by atoms with Crippen LogP contribution in [0, 0.1) is 0 Å². The van der Waals surface area contributed by atoms with E-state index in [1.165, 1.54) is 0 Å². The number of benzene rings is 1. The number of aryl methyl sites for hydroxylation is 1. The van der Waals surface area contributed by atoms with Gasteiger partial charge in [-0.1, -0.05) is 29.8 Å². The minimum atomic E-state index is -0.975. The third-order valence-corrected chi connectivity index (χ3v) is 3.41. The number of hydrogen-bond donors (Lipinski definition) is 0. The minimum absolute atomic E-state index is 0.0267. The molecule has 0 saturated heterocycles. The van der Waals surface area contributed by atoms with Gasteiger partial charge in [0.25, 0.3) is 0 Å². The molecule has 0 spiro atoms. The van der Waals surface area contributed by atoms with Crippen LogP contribution < -0.4 is 0 Å². The molecule has 0 fully saturated rings. The van der Waals surface area contributed by atoms with Gasteiger partial charge >= 0.3 is 0 Å².